The van der Waals surface area contributed by atoms with E-state index in [-0.39, 0.29) is 17.5 Å². The number of esters is 1. The number of benzene rings is 2. The van der Waals surface area contributed by atoms with Crippen LogP contribution in [0.3, 0.4) is 0 Å². The molecule has 0 unspecified atom stereocenters. The third-order valence-corrected chi connectivity index (χ3v) is 6.61. The van der Waals surface area contributed by atoms with Crippen molar-refractivity contribution in [1.29, 1.82) is 0 Å². The zero-order valence-electron chi connectivity index (χ0n) is 18.7. The molecule has 33 heavy (non-hydrogen) atoms. The van der Waals surface area contributed by atoms with Gasteiger partial charge in [-0.25, -0.2) is 4.79 Å². The number of hydrogen-bond donors (Lipinski definition) is 1. The van der Waals surface area contributed by atoms with E-state index in [1.165, 1.54) is 7.11 Å². The molecule has 1 atom stereocenters. The molecule has 0 saturated heterocycles. The van der Waals surface area contributed by atoms with Gasteiger partial charge in [0.1, 0.15) is 11.6 Å². The highest BCUT2D eigenvalue weighted by Crippen LogP contribution is 2.30. The average Bonchev–Trinajstić information content (AvgIpc) is 2.98. The van der Waals surface area contributed by atoms with Crippen LogP contribution in [0.15, 0.2) is 54.6 Å². The Hall–Kier alpha value is -3.48. The lowest BCUT2D eigenvalue weighted by molar-refractivity contribution is -0.152. The normalized spacial score (nSPS) is 18.3. The number of fused-ring (bicyclic) bond motifs is 1. The second kappa shape index (κ2) is 9.57. The van der Waals surface area contributed by atoms with Gasteiger partial charge in [0.25, 0.3) is 11.8 Å². The van der Waals surface area contributed by atoms with Crippen molar-refractivity contribution in [3.63, 3.8) is 0 Å². The smallest absolute Gasteiger partial charge is 0.331 e. The summed E-state index contributed by atoms with van der Waals surface area (Å²) < 4.78 is 5.06. The largest absolute Gasteiger partial charge is 0.467 e. The molecule has 3 amide bonds. The fourth-order valence-electron chi connectivity index (χ4n) is 4.86. The lowest BCUT2D eigenvalue weighted by atomic mass is 9.89. The minimum absolute atomic E-state index is 0.148. The van der Waals surface area contributed by atoms with Crippen molar-refractivity contribution in [3.8, 4) is 0 Å². The van der Waals surface area contributed by atoms with Crippen molar-refractivity contribution in [2.75, 3.05) is 7.11 Å². The molecule has 1 saturated carbocycles. The summed E-state index contributed by atoms with van der Waals surface area (Å²) in [5, 5.41) is 2.93. The molecule has 1 heterocycles. The van der Waals surface area contributed by atoms with Crippen LogP contribution in [0.25, 0.3) is 0 Å². The zero-order valence-corrected chi connectivity index (χ0v) is 18.7. The van der Waals surface area contributed by atoms with Gasteiger partial charge < -0.3 is 10.1 Å². The van der Waals surface area contributed by atoms with E-state index >= 15 is 0 Å². The molecule has 1 fully saturated rings. The highest BCUT2D eigenvalue weighted by atomic mass is 16.5. The number of ether oxygens (including phenoxy) is 1. The highest BCUT2D eigenvalue weighted by Gasteiger charge is 2.47. The third-order valence-electron chi connectivity index (χ3n) is 6.61. The summed E-state index contributed by atoms with van der Waals surface area (Å²) in [5.41, 5.74) is 0.217. The molecule has 2 aliphatic rings. The molecule has 7 heteroatoms. The maximum Gasteiger partial charge on any atom is 0.331 e. The van der Waals surface area contributed by atoms with Gasteiger partial charge in [-0.15, -0.1) is 0 Å². The summed E-state index contributed by atoms with van der Waals surface area (Å²) in [4.78, 5) is 53.9. The lowest BCUT2D eigenvalue weighted by Crippen LogP contribution is -2.60. The minimum atomic E-state index is -1.16. The fraction of sp³-hybridized carbons (Fsp3) is 0.385. The summed E-state index contributed by atoms with van der Waals surface area (Å²) in [5.74, 6) is -2.02. The number of imide groups is 1. The molecular formula is C26H28N2O5. The zero-order chi connectivity index (χ0) is 23.4. The van der Waals surface area contributed by atoms with Crippen LogP contribution in [-0.2, 0) is 20.7 Å². The number of nitrogens with one attached hydrogen (secondary N) is 1. The van der Waals surface area contributed by atoms with E-state index < -0.39 is 35.3 Å². The Morgan fingerprint density at radius 1 is 0.909 bits per heavy atom. The standard InChI is InChI=1S/C26H28N2O5/c1-33-25(32)26(15-9-2-3-10-16-26)27-22(29)21(17-18-11-5-4-6-12-18)28-23(30)19-13-7-8-14-20(19)24(28)31/h4-8,11-14,21H,2-3,9-10,15-17H2,1H3,(H,27,29)/t21-/m0/s1. The summed E-state index contributed by atoms with van der Waals surface area (Å²) in [6.07, 6.45) is 4.59. The van der Waals surface area contributed by atoms with Crippen LogP contribution in [0.5, 0.6) is 0 Å². The molecule has 2 aromatic carbocycles. The van der Waals surface area contributed by atoms with Gasteiger partial charge in [0.05, 0.1) is 18.2 Å². The first-order valence-corrected chi connectivity index (χ1v) is 11.4. The van der Waals surface area contributed by atoms with E-state index in [0.29, 0.717) is 12.8 Å². The van der Waals surface area contributed by atoms with Gasteiger partial charge in [-0.05, 0) is 30.5 Å². The molecule has 2 aromatic rings. The maximum absolute atomic E-state index is 13.7. The molecule has 1 aliphatic heterocycles. The van der Waals surface area contributed by atoms with Crippen LogP contribution in [0.2, 0.25) is 0 Å². The van der Waals surface area contributed by atoms with Gasteiger partial charge in [-0.3, -0.25) is 19.3 Å². The highest BCUT2D eigenvalue weighted by molar-refractivity contribution is 6.23. The molecule has 4 rings (SSSR count). The van der Waals surface area contributed by atoms with Gasteiger partial charge in [-0.1, -0.05) is 68.1 Å². The Kier molecular flexibility index (Phi) is 6.58. The van der Waals surface area contributed by atoms with Crippen LogP contribution in [0.4, 0.5) is 0 Å². The van der Waals surface area contributed by atoms with E-state index in [1.54, 1.807) is 24.3 Å². The van der Waals surface area contributed by atoms with E-state index in [4.69, 9.17) is 4.74 Å². The summed E-state index contributed by atoms with van der Waals surface area (Å²) >= 11 is 0. The summed E-state index contributed by atoms with van der Waals surface area (Å²) in [7, 11) is 1.31. The van der Waals surface area contributed by atoms with Crippen LogP contribution in [0.1, 0.15) is 64.8 Å². The van der Waals surface area contributed by atoms with Crippen LogP contribution in [0, 0.1) is 0 Å². The summed E-state index contributed by atoms with van der Waals surface area (Å²) in [6, 6.07) is 14.7. The Labute approximate surface area is 193 Å². The van der Waals surface area contributed by atoms with Crippen molar-refractivity contribution in [1.82, 2.24) is 10.2 Å². The number of carbonyl (C=O) groups is 4. The lowest BCUT2D eigenvalue weighted by Gasteiger charge is -2.34. The first-order valence-electron chi connectivity index (χ1n) is 11.4. The average molecular weight is 449 g/mol. The Morgan fingerprint density at radius 2 is 1.45 bits per heavy atom. The number of nitrogens with zero attached hydrogens (tertiary/aromatic N) is 1. The van der Waals surface area contributed by atoms with Gasteiger partial charge >= 0.3 is 5.97 Å². The predicted octanol–water partition coefficient (Wildman–Crippen LogP) is 3.28. The first-order chi connectivity index (χ1) is 16.0. The fourth-order valence-corrected chi connectivity index (χ4v) is 4.86. The first kappa shape index (κ1) is 22.7. The molecule has 1 N–H and O–H groups in total. The third kappa shape index (κ3) is 4.40. The number of carbonyl (C=O) groups excluding carboxylic acids is 4. The van der Waals surface area contributed by atoms with Crippen molar-refractivity contribution >= 4 is 23.7 Å². The molecule has 1 aliphatic carbocycles. The van der Waals surface area contributed by atoms with Crippen LogP contribution in [-0.4, -0.2) is 47.3 Å². The van der Waals surface area contributed by atoms with Crippen molar-refractivity contribution in [2.24, 2.45) is 0 Å². The minimum Gasteiger partial charge on any atom is -0.467 e. The van der Waals surface area contributed by atoms with Crippen LogP contribution >= 0.6 is 0 Å². The molecular weight excluding hydrogens is 420 g/mol. The molecule has 0 spiro atoms. The molecule has 0 aromatic heterocycles. The van der Waals surface area contributed by atoms with Crippen LogP contribution < -0.4 is 5.32 Å². The SMILES string of the molecule is COC(=O)C1(NC(=O)[C@H](Cc2ccccc2)N2C(=O)c3ccccc3C2=O)CCCCCC1. The number of rotatable bonds is 6. The van der Waals surface area contributed by atoms with Gasteiger partial charge in [0.2, 0.25) is 5.91 Å². The second-order valence-corrected chi connectivity index (χ2v) is 8.71. The molecule has 172 valence electrons. The van der Waals surface area contributed by atoms with Crippen molar-refractivity contribution < 1.29 is 23.9 Å². The number of methoxy groups -OCH3 is 1. The number of amides is 3. The predicted molar refractivity (Wildman–Crippen MR) is 121 cm³/mol. The molecule has 0 bridgehead atoms. The van der Waals surface area contributed by atoms with Gasteiger partial charge in [0.15, 0.2) is 0 Å². The van der Waals surface area contributed by atoms with Gasteiger partial charge in [0, 0.05) is 6.42 Å². The topological polar surface area (TPSA) is 92.8 Å². The van der Waals surface area contributed by atoms with Crippen molar-refractivity contribution in [3.05, 3.63) is 71.3 Å². The van der Waals surface area contributed by atoms with E-state index in [9.17, 15) is 19.2 Å². The Morgan fingerprint density at radius 3 is 2.00 bits per heavy atom. The van der Waals surface area contributed by atoms with E-state index in [0.717, 1.165) is 36.1 Å². The number of hydrogen-bond acceptors (Lipinski definition) is 5. The molecule has 7 nitrogen and oxygen atoms in total. The van der Waals surface area contributed by atoms with E-state index in [2.05, 4.69) is 5.32 Å². The second-order valence-electron chi connectivity index (χ2n) is 8.71. The monoisotopic (exact) mass is 448 g/mol. The molecule has 0 radical (unpaired) electrons. The Bertz CT molecular complexity index is 1020. The van der Waals surface area contributed by atoms with Gasteiger partial charge in [-0.2, -0.15) is 0 Å². The van der Waals surface area contributed by atoms with Crippen molar-refractivity contribution in [2.45, 2.75) is 56.5 Å². The maximum atomic E-state index is 13.7. The van der Waals surface area contributed by atoms with E-state index in [1.807, 2.05) is 30.3 Å². The Balaban J connectivity index is 1.69. The quantitative estimate of drug-likeness (QED) is 0.416. The summed E-state index contributed by atoms with van der Waals surface area (Å²) in [6.45, 7) is 0.